The van der Waals surface area contributed by atoms with Crippen molar-refractivity contribution < 1.29 is 13.2 Å². The van der Waals surface area contributed by atoms with Crippen molar-refractivity contribution in [2.75, 3.05) is 11.9 Å². The van der Waals surface area contributed by atoms with E-state index in [1.165, 1.54) is 19.1 Å². The molecule has 1 aromatic carbocycles. The fourth-order valence-corrected chi connectivity index (χ4v) is 4.68. The average molecular weight is 345 g/mol. The Hall–Kier alpha value is -2.25. The van der Waals surface area contributed by atoms with Crippen molar-refractivity contribution in [3.05, 3.63) is 54.4 Å². The zero-order valence-corrected chi connectivity index (χ0v) is 14.2. The Bertz CT molecular complexity index is 820. The minimum absolute atomic E-state index is 0.159. The van der Waals surface area contributed by atoms with Crippen LogP contribution in [0, 0.1) is 0 Å². The second-order valence-corrected chi connectivity index (χ2v) is 7.65. The molecule has 0 saturated carbocycles. The highest BCUT2D eigenvalue weighted by Crippen LogP contribution is 2.36. The van der Waals surface area contributed by atoms with Gasteiger partial charge in [0.05, 0.1) is 10.9 Å². The van der Waals surface area contributed by atoms with Gasteiger partial charge in [-0.3, -0.25) is 9.78 Å². The van der Waals surface area contributed by atoms with E-state index in [1.807, 2.05) is 12.1 Å². The van der Waals surface area contributed by atoms with Crippen molar-refractivity contribution in [3.8, 4) is 0 Å². The van der Waals surface area contributed by atoms with Gasteiger partial charge in [-0.05, 0) is 54.8 Å². The topological polar surface area (TPSA) is 79.4 Å². The number of nitrogens with one attached hydrogen (secondary N) is 1. The third kappa shape index (κ3) is 3.32. The van der Waals surface area contributed by atoms with Crippen molar-refractivity contribution in [2.45, 2.75) is 30.7 Å². The number of carbonyl (C=O) groups is 1. The Morgan fingerprint density at radius 2 is 1.83 bits per heavy atom. The molecule has 1 aliphatic heterocycles. The van der Waals surface area contributed by atoms with Gasteiger partial charge in [-0.2, -0.15) is 4.31 Å². The lowest BCUT2D eigenvalue weighted by atomic mass is 10.1. The molecule has 1 aromatic heterocycles. The average Bonchev–Trinajstić information content (AvgIpc) is 3.06. The van der Waals surface area contributed by atoms with Gasteiger partial charge < -0.3 is 5.32 Å². The Kier molecular flexibility index (Phi) is 4.64. The zero-order valence-electron chi connectivity index (χ0n) is 13.3. The number of aromatic nitrogens is 1. The number of hydrogen-bond donors (Lipinski definition) is 1. The second kappa shape index (κ2) is 6.70. The number of sulfonamides is 1. The van der Waals surface area contributed by atoms with Crippen molar-refractivity contribution in [2.24, 2.45) is 0 Å². The molecule has 1 saturated heterocycles. The number of carbonyl (C=O) groups excluding carboxylic acids is 1. The molecule has 7 heteroatoms. The van der Waals surface area contributed by atoms with Gasteiger partial charge in [-0.15, -0.1) is 0 Å². The molecule has 0 bridgehead atoms. The molecule has 3 rings (SSSR count). The van der Waals surface area contributed by atoms with Crippen LogP contribution in [0.15, 0.2) is 53.7 Å². The van der Waals surface area contributed by atoms with E-state index in [0.717, 1.165) is 18.4 Å². The third-order valence-corrected chi connectivity index (χ3v) is 6.00. The molecule has 24 heavy (non-hydrogen) atoms. The van der Waals surface area contributed by atoms with E-state index in [-0.39, 0.29) is 16.8 Å². The summed E-state index contributed by atoms with van der Waals surface area (Å²) in [7, 11) is -3.58. The van der Waals surface area contributed by atoms with Gasteiger partial charge in [0.2, 0.25) is 15.9 Å². The number of anilines is 1. The minimum atomic E-state index is -3.58. The van der Waals surface area contributed by atoms with E-state index in [2.05, 4.69) is 10.3 Å². The van der Waals surface area contributed by atoms with Crippen molar-refractivity contribution >= 4 is 21.6 Å². The molecule has 1 amide bonds. The molecule has 1 fully saturated rings. The number of hydrogen-bond acceptors (Lipinski definition) is 4. The van der Waals surface area contributed by atoms with Crippen molar-refractivity contribution in [1.82, 2.24) is 9.29 Å². The first-order valence-corrected chi connectivity index (χ1v) is 9.22. The van der Waals surface area contributed by atoms with Crippen LogP contribution in [0.5, 0.6) is 0 Å². The van der Waals surface area contributed by atoms with Gasteiger partial charge in [-0.25, -0.2) is 8.42 Å². The Morgan fingerprint density at radius 3 is 2.46 bits per heavy atom. The molecular weight excluding hydrogens is 326 g/mol. The van der Waals surface area contributed by atoms with Crippen LogP contribution in [0.25, 0.3) is 0 Å². The number of rotatable bonds is 4. The van der Waals surface area contributed by atoms with Crippen LogP contribution in [0.2, 0.25) is 0 Å². The van der Waals surface area contributed by atoms with E-state index in [4.69, 9.17) is 0 Å². The summed E-state index contributed by atoms with van der Waals surface area (Å²) >= 11 is 0. The first-order chi connectivity index (χ1) is 11.5. The van der Waals surface area contributed by atoms with Crippen molar-refractivity contribution in [3.63, 3.8) is 0 Å². The standard InChI is InChI=1S/C17H19N3O3S/c1-13(21)19-15-4-6-16(7-5-15)24(22,23)20-12-2-3-17(20)14-8-10-18-11-9-14/h4-11,17H,2-3,12H2,1H3,(H,19,21). The maximum absolute atomic E-state index is 13.0. The van der Waals surface area contributed by atoms with E-state index in [9.17, 15) is 13.2 Å². The second-order valence-electron chi connectivity index (χ2n) is 5.76. The van der Waals surface area contributed by atoms with E-state index in [0.29, 0.717) is 12.2 Å². The molecular formula is C17H19N3O3S. The lowest BCUT2D eigenvalue weighted by Crippen LogP contribution is -2.30. The van der Waals surface area contributed by atoms with Crippen LogP contribution in [0.3, 0.4) is 0 Å². The van der Waals surface area contributed by atoms with Crippen molar-refractivity contribution in [1.29, 1.82) is 0 Å². The number of nitrogens with zero attached hydrogens (tertiary/aromatic N) is 2. The predicted molar refractivity (Wildman–Crippen MR) is 90.8 cm³/mol. The van der Waals surface area contributed by atoms with Gasteiger partial charge in [0.15, 0.2) is 0 Å². The summed E-state index contributed by atoms with van der Waals surface area (Å²) in [6.07, 6.45) is 4.99. The highest BCUT2D eigenvalue weighted by Gasteiger charge is 2.36. The predicted octanol–water partition coefficient (Wildman–Crippen LogP) is 2.57. The van der Waals surface area contributed by atoms with E-state index >= 15 is 0 Å². The quantitative estimate of drug-likeness (QED) is 0.923. The summed E-state index contributed by atoms with van der Waals surface area (Å²) in [5.74, 6) is -0.192. The molecule has 126 valence electrons. The summed E-state index contributed by atoms with van der Waals surface area (Å²) in [5.41, 5.74) is 1.54. The van der Waals surface area contributed by atoms with Gasteiger partial charge in [0.1, 0.15) is 0 Å². The van der Waals surface area contributed by atoms with Gasteiger partial charge >= 0.3 is 0 Å². The lowest BCUT2D eigenvalue weighted by molar-refractivity contribution is -0.114. The van der Waals surface area contributed by atoms with Crippen LogP contribution in [-0.2, 0) is 14.8 Å². The largest absolute Gasteiger partial charge is 0.326 e. The Morgan fingerprint density at radius 1 is 1.17 bits per heavy atom. The van der Waals surface area contributed by atoms with Gasteiger partial charge in [0, 0.05) is 31.5 Å². The molecule has 1 unspecified atom stereocenters. The van der Waals surface area contributed by atoms with Crippen LogP contribution in [-0.4, -0.2) is 30.2 Å². The molecule has 2 aromatic rings. The maximum atomic E-state index is 13.0. The number of amides is 1. The zero-order chi connectivity index (χ0) is 17.2. The fourth-order valence-electron chi connectivity index (χ4n) is 3.00. The maximum Gasteiger partial charge on any atom is 0.243 e. The summed E-state index contributed by atoms with van der Waals surface area (Å²) in [6.45, 7) is 1.91. The first-order valence-electron chi connectivity index (χ1n) is 7.78. The number of pyridine rings is 1. The smallest absolute Gasteiger partial charge is 0.243 e. The van der Waals surface area contributed by atoms with Crippen LogP contribution in [0.4, 0.5) is 5.69 Å². The molecule has 1 N–H and O–H groups in total. The van der Waals surface area contributed by atoms with E-state index in [1.54, 1.807) is 28.8 Å². The van der Waals surface area contributed by atoms with Gasteiger partial charge in [0.25, 0.3) is 0 Å². The number of benzene rings is 1. The SMILES string of the molecule is CC(=O)Nc1ccc(S(=O)(=O)N2CCCC2c2ccncc2)cc1. The normalized spacial score (nSPS) is 18.5. The van der Waals surface area contributed by atoms with E-state index < -0.39 is 10.0 Å². The summed E-state index contributed by atoms with van der Waals surface area (Å²) in [4.78, 5) is 15.3. The molecule has 2 heterocycles. The van der Waals surface area contributed by atoms with Crippen LogP contribution < -0.4 is 5.32 Å². The molecule has 1 atom stereocenters. The lowest BCUT2D eigenvalue weighted by Gasteiger charge is -2.24. The Labute approximate surface area is 141 Å². The fraction of sp³-hybridized carbons (Fsp3) is 0.294. The minimum Gasteiger partial charge on any atom is -0.326 e. The molecule has 0 spiro atoms. The molecule has 6 nitrogen and oxygen atoms in total. The Balaban J connectivity index is 1.88. The summed E-state index contributed by atoms with van der Waals surface area (Å²) in [5, 5.41) is 2.63. The molecule has 0 radical (unpaired) electrons. The van der Waals surface area contributed by atoms with Gasteiger partial charge in [-0.1, -0.05) is 0 Å². The van der Waals surface area contributed by atoms with Crippen LogP contribution in [0.1, 0.15) is 31.4 Å². The third-order valence-electron chi connectivity index (χ3n) is 4.08. The molecule has 0 aliphatic carbocycles. The highest BCUT2D eigenvalue weighted by molar-refractivity contribution is 7.89. The highest BCUT2D eigenvalue weighted by atomic mass is 32.2. The summed E-state index contributed by atoms with van der Waals surface area (Å²) in [6, 6.07) is 9.83. The monoisotopic (exact) mass is 345 g/mol. The van der Waals surface area contributed by atoms with Crippen LogP contribution >= 0.6 is 0 Å². The first kappa shape index (κ1) is 16.6. The molecule has 1 aliphatic rings. The summed E-state index contributed by atoms with van der Waals surface area (Å²) < 4.78 is 27.5.